The van der Waals surface area contributed by atoms with Crippen molar-refractivity contribution in [1.82, 2.24) is 4.57 Å². The summed E-state index contributed by atoms with van der Waals surface area (Å²) in [5, 5.41) is 2.91. The number of carbonyl (C=O) groups is 1. The van der Waals surface area contributed by atoms with E-state index in [1.165, 1.54) is 22.1 Å². The smallest absolute Gasteiger partial charge is 0.338 e. The predicted molar refractivity (Wildman–Crippen MR) is 167 cm³/mol. The van der Waals surface area contributed by atoms with Gasteiger partial charge in [-0.2, -0.15) is 0 Å². The summed E-state index contributed by atoms with van der Waals surface area (Å²) in [6.45, 7) is 4.19. The van der Waals surface area contributed by atoms with E-state index in [1.807, 2.05) is 60.7 Å². The molecule has 0 radical (unpaired) electrons. The van der Waals surface area contributed by atoms with Gasteiger partial charge in [0.2, 0.25) is 0 Å². The van der Waals surface area contributed by atoms with Gasteiger partial charge in [0.1, 0.15) is 12.4 Å². The molecule has 0 N–H and O–H groups in total. The second-order valence-electron chi connectivity index (χ2n) is 9.85. The van der Waals surface area contributed by atoms with Crippen LogP contribution in [0.1, 0.15) is 36.6 Å². The highest BCUT2D eigenvalue weighted by Gasteiger charge is 2.33. The van der Waals surface area contributed by atoms with E-state index in [1.54, 1.807) is 30.5 Å². The number of allylic oxidation sites excluding steroid dienone is 1. The number of thiazole rings is 1. The van der Waals surface area contributed by atoms with Crippen LogP contribution in [0.4, 0.5) is 0 Å². The van der Waals surface area contributed by atoms with Crippen LogP contribution >= 0.6 is 22.9 Å². The Bertz CT molecular complexity index is 2000. The Labute approximate surface area is 251 Å². The second kappa shape index (κ2) is 11.8. The molecule has 1 aliphatic rings. The number of benzene rings is 4. The van der Waals surface area contributed by atoms with Crippen molar-refractivity contribution in [2.24, 2.45) is 4.99 Å². The summed E-state index contributed by atoms with van der Waals surface area (Å²) in [4.78, 5) is 32.0. The Kier molecular flexibility index (Phi) is 7.78. The minimum Gasteiger partial charge on any atom is -0.489 e. The molecule has 0 bridgehead atoms. The number of halogens is 1. The van der Waals surface area contributed by atoms with Crippen LogP contribution in [0.3, 0.4) is 0 Å². The van der Waals surface area contributed by atoms with Gasteiger partial charge < -0.3 is 9.47 Å². The maximum Gasteiger partial charge on any atom is 0.338 e. The maximum absolute atomic E-state index is 13.8. The third-order valence-electron chi connectivity index (χ3n) is 7.15. The summed E-state index contributed by atoms with van der Waals surface area (Å²) in [5.74, 6) is 0.242. The molecule has 0 saturated heterocycles. The largest absolute Gasteiger partial charge is 0.489 e. The normalized spacial score (nSPS) is 14.9. The van der Waals surface area contributed by atoms with Crippen molar-refractivity contribution >= 4 is 45.8 Å². The fraction of sp³-hybridized carbons (Fsp3) is 0.147. The third kappa shape index (κ3) is 5.41. The number of fused-ring (bicyclic) bond motifs is 2. The summed E-state index contributed by atoms with van der Waals surface area (Å²) in [5.41, 5.74) is 3.34. The maximum atomic E-state index is 13.8. The Morgan fingerprint density at radius 2 is 1.74 bits per heavy atom. The molecule has 210 valence electrons. The van der Waals surface area contributed by atoms with Gasteiger partial charge in [0.25, 0.3) is 5.56 Å². The van der Waals surface area contributed by atoms with Crippen LogP contribution in [0.25, 0.3) is 16.8 Å². The van der Waals surface area contributed by atoms with Crippen molar-refractivity contribution in [2.45, 2.75) is 26.5 Å². The van der Waals surface area contributed by atoms with Crippen LogP contribution in [0.15, 0.2) is 112 Å². The number of esters is 1. The molecule has 0 amide bonds. The van der Waals surface area contributed by atoms with Crippen LogP contribution in [0.2, 0.25) is 5.02 Å². The third-order valence-corrected chi connectivity index (χ3v) is 8.39. The highest BCUT2D eigenvalue weighted by molar-refractivity contribution is 7.07. The van der Waals surface area contributed by atoms with Crippen molar-refractivity contribution < 1.29 is 14.3 Å². The average Bonchev–Trinajstić information content (AvgIpc) is 3.30. The van der Waals surface area contributed by atoms with E-state index >= 15 is 0 Å². The Morgan fingerprint density at radius 1 is 1.00 bits per heavy atom. The van der Waals surface area contributed by atoms with E-state index in [2.05, 4.69) is 29.3 Å². The predicted octanol–water partition coefficient (Wildman–Crippen LogP) is 6.18. The highest BCUT2D eigenvalue weighted by Crippen LogP contribution is 2.31. The van der Waals surface area contributed by atoms with Crippen molar-refractivity contribution in [3.8, 4) is 5.75 Å². The van der Waals surface area contributed by atoms with Crippen LogP contribution < -0.4 is 19.6 Å². The molecule has 0 fully saturated rings. The number of ether oxygens (including phenoxy) is 2. The highest BCUT2D eigenvalue weighted by atomic mass is 35.5. The van der Waals surface area contributed by atoms with Crippen LogP contribution in [0, 0.1) is 0 Å². The number of rotatable bonds is 7. The SMILES string of the molecule is CCOC(=O)C1=C(C)N=c2s/c(=C\c3ccc(OCc4cccc5ccccc45)cc3)c(=O)n2[C@H]1c1ccc(Cl)cc1. The molecule has 0 saturated carbocycles. The molecular formula is C34H27ClN2O4S. The summed E-state index contributed by atoms with van der Waals surface area (Å²) in [7, 11) is 0. The monoisotopic (exact) mass is 594 g/mol. The molecule has 1 aromatic heterocycles. The lowest BCUT2D eigenvalue weighted by Crippen LogP contribution is -2.39. The second-order valence-corrected chi connectivity index (χ2v) is 11.3. The first-order chi connectivity index (χ1) is 20.4. The summed E-state index contributed by atoms with van der Waals surface area (Å²) in [6.07, 6.45) is 1.83. The first-order valence-corrected chi connectivity index (χ1v) is 14.8. The molecule has 0 unspecified atom stereocenters. The fourth-order valence-corrected chi connectivity index (χ4v) is 6.32. The molecule has 0 spiro atoms. The molecule has 2 heterocycles. The van der Waals surface area contributed by atoms with E-state index in [0.717, 1.165) is 22.4 Å². The zero-order valence-electron chi connectivity index (χ0n) is 23.0. The lowest BCUT2D eigenvalue weighted by Gasteiger charge is -2.24. The van der Waals surface area contributed by atoms with Gasteiger partial charge in [0, 0.05) is 5.02 Å². The van der Waals surface area contributed by atoms with Crippen molar-refractivity contribution in [1.29, 1.82) is 0 Å². The van der Waals surface area contributed by atoms with Crippen molar-refractivity contribution in [2.75, 3.05) is 6.61 Å². The van der Waals surface area contributed by atoms with E-state index in [0.29, 0.717) is 32.2 Å². The number of aromatic nitrogens is 1. The van der Waals surface area contributed by atoms with Crippen LogP contribution in [0.5, 0.6) is 5.75 Å². The zero-order chi connectivity index (χ0) is 29.2. The Hall–Kier alpha value is -4.46. The summed E-state index contributed by atoms with van der Waals surface area (Å²) >= 11 is 7.42. The van der Waals surface area contributed by atoms with Gasteiger partial charge in [0.15, 0.2) is 4.80 Å². The van der Waals surface area contributed by atoms with Crippen molar-refractivity contribution in [3.63, 3.8) is 0 Å². The topological polar surface area (TPSA) is 69.9 Å². The van der Waals surface area contributed by atoms with E-state index in [9.17, 15) is 9.59 Å². The molecule has 42 heavy (non-hydrogen) atoms. The van der Waals surface area contributed by atoms with Gasteiger partial charge in [-0.3, -0.25) is 9.36 Å². The molecular weight excluding hydrogens is 568 g/mol. The standard InChI is InChI=1S/C34H27ClN2O4S/c1-3-40-33(39)30-21(2)36-34-37(31(30)24-13-15-26(35)16-14-24)32(38)29(42-34)19-22-11-17-27(18-12-22)41-20-25-9-6-8-23-7-4-5-10-28(23)25/h4-19,31H,3,20H2,1-2H3/b29-19-/t31-/m0/s1. The van der Waals surface area contributed by atoms with Crippen LogP contribution in [-0.4, -0.2) is 17.1 Å². The lowest BCUT2D eigenvalue weighted by atomic mass is 9.96. The minimum absolute atomic E-state index is 0.217. The minimum atomic E-state index is -0.676. The molecule has 8 heteroatoms. The molecule has 4 aromatic carbocycles. The molecule has 6 nitrogen and oxygen atoms in total. The van der Waals surface area contributed by atoms with E-state index in [-0.39, 0.29) is 12.2 Å². The number of hydrogen-bond donors (Lipinski definition) is 0. The quantitative estimate of drug-likeness (QED) is 0.211. The summed E-state index contributed by atoms with van der Waals surface area (Å²) in [6, 6.07) is 28.5. The molecule has 0 aliphatic carbocycles. The Morgan fingerprint density at radius 3 is 2.50 bits per heavy atom. The van der Waals surface area contributed by atoms with Gasteiger partial charge in [-0.25, -0.2) is 9.79 Å². The lowest BCUT2D eigenvalue weighted by molar-refractivity contribution is -0.139. The molecule has 1 atom stereocenters. The van der Waals surface area contributed by atoms with Gasteiger partial charge in [0.05, 0.1) is 28.5 Å². The number of hydrogen-bond acceptors (Lipinski definition) is 6. The van der Waals surface area contributed by atoms with E-state index < -0.39 is 12.0 Å². The molecule has 6 rings (SSSR count). The van der Waals surface area contributed by atoms with Gasteiger partial charge in [-0.1, -0.05) is 89.7 Å². The fourth-order valence-electron chi connectivity index (χ4n) is 5.14. The van der Waals surface area contributed by atoms with Gasteiger partial charge in [-0.05, 0) is 71.7 Å². The molecule has 5 aromatic rings. The number of carbonyl (C=O) groups excluding carboxylic acids is 1. The van der Waals surface area contributed by atoms with Crippen molar-refractivity contribution in [3.05, 3.63) is 144 Å². The number of nitrogens with zero attached hydrogens (tertiary/aromatic N) is 2. The zero-order valence-corrected chi connectivity index (χ0v) is 24.6. The Balaban J connectivity index is 1.31. The van der Waals surface area contributed by atoms with Gasteiger partial charge >= 0.3 is 5.97 Å². The first kappa shape index (κ1) is 27.7. The molecule has 1 aliphatic heterocycles. The van der Waals surface area contributed by atoms with Gasteiger partial charge in [-0.15, -0.1) is 0 Å². The first-order valence-electron chi connectivity index (χ1n) is 13.6. The average molecular weight is 595 g/mol. The van der Waals surface area contributed by atoms with Crippen LogP contribution in [-0.2, 0) is 16.1 Å². The van der Waals surface area contributed by atoms with E-state index in [4.69, 9.17) is 21.1 Å². The summed E-state index contributed by atoms with van der Waals surface area (Å²) < 4.78 is 13.5.